The highest BCUT2D eigenvalue weighted by Gasteiger charge is 2.25. The van der Waals surface area contributed by atoms with Gasteiger partial charge in [0, 0.05) is 24.8 Å². The molecule has 29 heavy (non-hydrogen) atoms. The quantitative estimate of drug-likeness (QED) is 0.711. The molecule has 0 bridgehead atoms. The van der Waals surface area contributed by atoms with Crippen LogP contribution in [0.4, 0.5) is 5.69 Å². The first kappa shape index (κ1) is 18.6. The Morgan fingerprint density at radius 2 is 2.03 bits per heavy atom. The minimum Gasteiger partial charge on any atom is -0.493 e. The third kappa shape index (κ3) is 3.54. The topological polar surface area (TPSA) is 98.8 Å². The fraction of sp³-hybridized carbons (Fsp3) is 0.250. The van der Waals surface area contributed by atoms with Gasteiger partial charge in [0.15, 0.2) is 11.5 Å². The largest absolute Gasteiger partial charge is 0.493 e. The van der Waals surface area contributed by atoms with E-state index in [2.05, 4.69) is 10.3 Å². The van der Waals surface area contributed by atoms with Gasteiger partial charge < -0.3 is 28.7 Å². The van der Waals surface area contributed by atoms with Gasteiger partial charge in [0.1, 0.15) is 6.26 Å². The van der Waals surface area contributed by atoms with Crippen molar-refractivity contribution < 1.29 is 23.5 Å². The number of aromatic nitrogens is 2. The Kier molecular flexibility index (Phi) is 4.94. The maximum absolute atomic E-state index is 13.1. The number of nitrogens with zero attached hydrogens (tertiary/aromatic N) is 3. The summed E-state index contributed by atoms with van der Waals surface area (Å²) in [4.78, 5) is 31.5. The Morgan fingerprint density at radius 3 is 2.76 bits per heavy atom. The third-order valence-electron chi connectivity index (χ3n) is 4.81. The van der Waals surface area contributed by atoms with Gasteiger partial charge in [0.25, 0.3) is 11.8 Å². The Balaban J connectivity index is 1.65. The number of fused-ring (bicyclic) bond motifs is 1. The molecule has 0 saturated carbocycles. The van der Waals surface area contributed by atoms with Gasteiger partial charge in [-0.2, -0.15) is 0 Å². The summed E-state index contributed by atoms with van der Waals surface area (Å²) in [5.74, 6) is 0.128. The average molecular weight is 396 g/mol. The SMILES string of the molecule is COc1cc(C(=O)N2CCn3cncc3C2)cc(NC(=O)c2ccoc2)c1OC. The number of methoxy groups -OCH3 is 2. The van der Waals surface area contributed by atoms with Gasteiger partial charge in [-0.1, -0.05) is 0 Å². The molecule has 0 radical (unpaired) electrons. The molecule has 1 aromatic carbocycles. The first-order chi connectivity index (χ1) is 14.1. The molecule has 0 unspecified atom stereocenters. The van der Waals surface area contributed by atoms with Crippen molar-refractivity contribution in [2.75, 3.05) is 26.1 Å². The standard InChI is InChI=1S/C20H20N4O5/c1-27-17-8-14(20(26)23-4-5-24-12-21-9-15(24)10-23)7-16(18(17)28-2)22-19(25)13-3-6-29-11-13/h3,6-9,11-12H,4-5,10H2,1-2H3,(H,22,25). The molecule has 1 aliphatic heterocycles. The lowest BCUT2D eigenvalue weighted by atomic mass is 10.1. The van der Waals surface area contributed by atoms with E-state index in [0.717, 1.165) is 5.69 Å². The number of benzene rings is 1. The van der Waals surface area contributed by atoms with Gasteiger partial charge in [-0.3, -0.25) is 9.59 Å². The highest BCUT2D eigenvalue weighted by molar-refractivity contribution is 6.06. The van der Waals surface area contributed by atoms with E-state index in [4.69, 9.17) is 13.9 Å². The van der Waals surface area contributed by atoms with Crippen molar-refractivity contribution in [3.8, 4) is 11.5 Å². The Morgan fingerprint density at radius 1 is 1.17 bits per heavy atom. The van der Waals surface area contributed by atoms with E-state index in [-0.39, 0.29) is 11.8 Å². The van der Waals surface area contributed by atoms with E-state index < -0.39 is 0 Å². The first-order valence-corrected chi connectivity index (χ1v) is 8.98. The van der Waals surface area contributed by atoms with Gasteiger partial charge in [-0.05, 0) is 18.2 Å². The second-order valence-electron chi connectivity index (χ2n) is 6.53. The van der Waals surface area contributed by atoms with Crippen LogP contribution in [0.1, 0.15) is 26.4 Å². The highest BCUT2D eigenvalue weighted by Crippen LogP contribution is 2.37. The van der Waals surface area contributed by atoms with Crippen LogP contribution in [-0.2, 0) is 13.1 Å². The van der Waals surface area contributed by atoms with Crippen molar-refractivity contribution in [3.05, 3.63) is 60.1 Å². The van der Waals surface area contributed by atoms with Crippen molar-refractivity contribution >= 4 is 17.5 Å². The van der Waals surface area contributed by atoms with E-state index in [1.165, 1.54) is 26.7 Å². The summed E-state index contributed by atoms with van der Waals surface area (Å²) in [5.41, 5.74) is 2.05. The molecule has 0 saturated heterocycles. The summed E-state index contributed by atoms with van der Waals surface area (Å²) in [6.45, 7) is 1.70. The second-order valence-corrected chi connectivity index (χ2v) is 6.53. The molecule has 3 aromatic rings. The number of hydrogen-bond acceptors (Lipinski definition) is 6. The zero-order valence-electron chi connectivity index (χ0n) is 16.0. The fourth-order valence-corrected chi connectivity index (χ4v) is 3.31. The predicted octanol–water partition coefficient (Wildman–Crippen LogP) is 2.40. The summed E-state index contributed by atoms with van der Waals surface area (Å²) in [7, 11) is 2.95. The molecule has 1 aliphatic rings. The van der Waals surface area contributed by atoms with Crippen LogP contribution in [0, 0.1) is 0 Å². The average Bonchev–Trinajstić information content (AvgIpc) is 3.43. The number of ether oxygens (including phenoxy) is 2. The van der Waals surface area contributed by atoms with Gasteiger partial charge in [-0.15, -0.1) is 0 Å². The maximum atomic E-state index is 13.1. The van der Waals surface area contributed by atoms with Crippen LogP contribution in [0.3, 0.4) is 0 Å². The molecule has 4 rings (SSSR count). The van der Waals surface area contributed by atoms with E-state index >= 15 is 0 Å². The van der Waals surface area contributed by atoms with Gasteiger partial charge >= 0.3 is 0 Å². The van der Waals surface area contributed by atoms with Crippen LogP contribution in [0.25, 0.3) is 0 Å². The molecule has 2 amide bonds. The highest BCUT2D eigenvalue weighted by atomic mass is 16.5. The minimum absolute atomic E-state index is 0.169. The molecule has 3 heterocycles. The Labute approximate surface area is 166 Å². The van der Waals surface area contributed by atoms with Crippen LogP contribution in [0.15, 0.2) is 47.7 Å². The molecular formula is C20H20N4O5. The van der Waals surface area contributed by atoms with Crippen LogP contribution in [0.5, 0.6) is 11.5 Å². The lowest BCUT2D eigenvalue weighted by Gasteiger charge is -2.28. The normalized spacial score (nSPS) is 13.0. The number of furan rings is 1. The van der Waals surface area contributed by atoms with E-state index in [1.807, 2.05) is 4.57 Å². The molecule has 9 heteroatoms. The number of imidazole rings is 1. The fourth-order valence-electron chi connectivity index (χ4n) is 3.31. The first-order valence-electron chi connectivity index (χ1n) is 8.98. The van der Waals surface area contributed by atoms with Gasteiger partial charge in [0.05, 0.1) is 50.3 Å². The number of amides is 2. The smallest absolute Gasteiger partial charge is 0.259 e. The lowest BCUT2D eigenvalue weighted by molar-refractivity contribution is 0.0710. The number of hydrogen-bond donors (Lipinski definition) is 1. The Bertz CT molecular complexity index is 1040. The number of carbonyl (C=O) groups excluding carboxylic acids is 2. The monoisotopic (exact) mass is 396 g/mol. The minimum atomic E-state index is -0.384. The summed E-state index contributed by atoms with van der Waals surface area (Å²) in [6, 6.07) is 4.75. The Hall–Kier alpha value is -3.75. The van der Waals surface area contributed by atoms with Crippen LogP contribution in [0.2, 0.25) is 0 Å². The second kappa shape index (κ2) is 7.70. The van der Waals surface area contributed by atoms with Crippen LogP contribution in [-0.4, -0.2) is 47.0 Å². The van der Waals surface area contributed by atoms with E-state index in [1.54, 1.807) is 35.6 Å². The van der Waals surface area contributed by atoms with Crippen molar-refractivity contribution in [2.24, 2.45) is 0 Å². The predicted molar refractivity (Wildman–Crippen MR) is 103 cm³/mol. The molecule has 150 valence electrons. The molecule has 0 aliphatic carbocycles. The molecule has 9 nitrogen and oxygen atoms in total. The molecule has 2 aromatic heterocycles. The zero-order chi connectivity index (χ0) is 20.4. The van der Waals surface area contributed by atoms with Crippen molar-refractivity contribution in [3.63, 3.8) is 0 Å². The van der Waals surface area contributed by atoms with Gasteiger partial charge in [0.2, 0.25) is 0 Å². The summed E-state index contributed by atoms with van der Waals surface area (Å²) >= 11 is 0. The number of carbonyl (C=O) groups is 2. The summed E-state index contributed by atoms with van der Waals surface area (Å²) in [6.07, 6.45) is 6.26. The van der Waals surface area contributed by atoms with Crippen LogP contribution >= 0.6 is 0 Å². The van der Waals surface area contributed by atoms with Crippen molar-refractivity contribution in [2.45, 2.75) is 13.1 Å². The molecule has 0 atom stereocenters. The molecule has 0 fully saturated rings. The number of anilines is 1. The zero-order valence-corrected chi connectivity index (χ0v) is 16.0. The van der Waals surface area contributed by atoms with E-state index in [9.17, 15) is 9.59 Å². The molecular weight excluding hydrogens is 376 g/mol. The number of rotatable bonds is 5. The third-order valence-corrected chi connectivity index (χ3v) is 4.81. The summed E-state index contributed by atoms with van der Waals surface area (Å²) < 4.78 is 17.8. The summed E-state index contributed by atoms with van der Waals surface area (Å²) in [5, 5.41) is 2.76. The molecule has 0 spiro atoms. The molecule has 1 N–H and O–H groups in total. The number of nitrogens with one attached hydrogen (secondary N) is 1. The van der Waals surface area contributed by atoms with Crippen molar-refractivity contribution in [1.82, 2.24) is 14.5 Å². The van der Waals surface area contributed by atoms with Crippen molar-refractivity contribution in [1.29, 1.82) is 0 Å². The lowest BCUT2D eigenvalue weighted by Crippen LogP contribution is -2.37. The van der Waals surface area contributed by atoms with E-state index in [0.29, 0.717) is 47.9 Å². The van der Waals surface area contributed by atoms with Crippen LogP contribution < -0.4 is 14.8 Å². The maximum Gasteiger partial charge on any atom is 0.259 e. The van der Waals surface area contributed by atoms with Gasteiger partial charge in [-0.25, -0.2) is 4.98 Å².